The minimum atomic E-state index is 0.786. The van der Waals surface area contributed by atoms with E-state index in [0.717, 1.165) is 25.2 Å². The van der Waals surface area contributed by atoms with E-state index < -0.39 is 0 Å². The van der Waals surface area contributed by atoms with Crippen molar-refractivity contribution in [1.82, 2.24) is 10.6 Å². The van der Waals surface area contributed by atoms with E-state index in [2.05, 4.69) is 10.6 Å². The zero-order valence-corrected chi connectivity index (χ0v) is 4.22. The van der Waals surface area contributed by atoms with Crippen molar-refractivity contribution in [2.45, 2.75) is 18.5 Å². The molecule has 39 valence electrons. The van der Waals surface area contributed by atoms with Gasteiger partial charge in [0.25, 0.3) is 0 Å². The van der Waals surface area contributed by atoms with Crippen LogP contribution in [0.4, 0.5) is 0 Å². The molecule has 0 amide bonds. The van der Waals surface area contributed by atoms with E-state index in [0.29, 0.717) is 0 Å². The molecule has 2 aliphatic rings. The summed E-state index contributed by atoms with van der Waals surface area (Å²) in [6, 6.07) is 1.64. The number of piperidine rings is 1. The van der Waals surface area contributed by atoms with Gasteiger partial charge >= 0.3 is 0 Å². The van der Waals surface area contributed by atoms with Crippen LogP contribution in [0.2, 0.25) is 0 Å². The number of hydrogen-bond donors (Lipinski definition) is 1. The van der Waals surface area contributed by atoms with Gasteiger partial charge in [0.1, 0.15) is 0 Å². The Morgan fingerprint density at radius 3 is 3.00 bits per heavy atom. The highest BCUT2D eigenvalue weighted by Crippen LogP contribution is 2.16. The summed E-state index contributed by atoms with van der Waals surface area (Å²) in [6.07, 6.45) is 1.28. The normalized spacial score (nSPS) is 48.0. The van der Waals surface area contributed by atoms with E-state index in [4.69, 9.17) is 0 Å². The largest absolute Gasteiger partial charge is 0.307 e. The molecule has 0 aromatic heterocycles. The molecule has 2 fully saturated rings. The maximum Gasteiger partial charge on any atom is 0.0366 e. The summed E-state index contributed by atoms with van der Waals surface area (Å²) in [6.45, 7) is 2.17. The molecule has 0 spiro atoms. The first-order valence-electron chi connectivity index (χ1n) is 2.86. The number of nitrogens with one attached hydrogen (secondary N) is 1. The molecule has 2 aliphatic heterocycles. The molecule has 0 aromatic carbocycles. The molecule has 2 atom stereocenters. The zero-order chi connectivity index (χ0) is 4.69. The summed E-state index contributed by atoms with van der Waals surface area (Å²) >= 11 is 0. The first kappa shape index (κ1) is 3.87. The van der Waals surface area contributed by atoms with E-state index in [1.54, 1.807) is 0 Å². The monoisotopic (exact) mass is 97.1 g/mol. The van der Waals surface area contributed by atoms with Gasteiger partial charge in [-0.2, -0.15) is 0 Å². The maximum atomic E-state index is 4.24. The topological polar surface area (TPSA) is 36.0 Å². The maximum absolute atomic E-state index is 4.24. The second-order valence-electron chi connectivity index (χ2n) is 2.30. The van der Waals surface area contributed by atoms with Crippen molar-refractivity contribution in [3.63, 3.8) is 0 Å². The van der Waals surface area contributed by atoms with Crippen molar-refractivity contribution in [2.75, 3.05) is 13.1 Å². The average molecular weight is 97.1 g/mol. The first-order chi connectivity index (χ1) is 3.47. The number of nitrogens with zero attached hydrogens (tertiary/aromatic N) is 1. The first-order valence-corrected chi connectivity index (χ1v) is 2.86. The molecule has 0 aliphatic carbocycles. The van der Waals surface area contributed by atoms with Gasteiger partial charge in [0.2, 0.25) is 0 Å². The lowest BCUT2D eigenvalue weighted by molar-refractivity contribution is 0.573. The predicted molar refractivity (Wildman–Crippen MR) is 27.2 cm³/mol. The molecule has 0 bridgehead atoms. The minimum absolute atomic E-state index is 0.786. The van der Waals surface area contributed by atoms with Crippen molar-refractivity contribution < 1.29 is 0 Å². The Hall–Kier alpha value is -0.0800. The SMILES string of the molecule is C1CC2NC2C[N]1. The van der Waals surface area contributed by atoms with Crippen molar-refractivity contribution in [3.8, 4) is 0 Å². The van der Waals surface area contributed by atoms with Gasteiger partial charge in [-0.3, -0.25) is 0 Å². The van der Waals surface area contributed by atoms with E-state index in [1.807, 2.05) is 0 Å². The Balaban J connectivity index is 1.95. The lowest BCUT2D eigenvalue weighted by Gasteiger charge is -2.03. The zero-order valence-electron chi connectivity index (χ0n) is 4.22. The van der Waals surface area contributed by atoms with E-state index in [-0.39, 0.29) is 0 Å². The number of fused-ring (bicyclic) bond motifs is 1. The van der Waals surface area contributed by atoms with Gasteiger partial charge in [-0.1, -0.05) is 0 Å². The minimum Gasteiger partial charge on any atom is -0.307 e. The molecule has 2 nitrogen and oxygen atoms in total. The molecule has 2 heterocycles. The molecule has 7 heavy (non-hydrogen) atoms. The second kappa shape index (κ2) is 1.20. The van der Waals surface area contributed by atoms with Gasteiger partial charge < -0.3 is 5.32 Å². The number of hydrogen-bond acceptors (Lipinski definition) is 1. The third-order valence-corrected chi connectivity index (χ3v) is 1.73. The van der Waals surface area contributed by atoms with Gasteiger partial charge in [0.05, 0.1) is 0 Å². The summed E-state index contributed by atoms with van der Waals surface area (Å²) in [5.41, 5.74) is 0. The highest BCUT2D eigenvalue weighted by atomic mass is 15.2. The van der Waals surface area contributed by atoms with Crippen LogP contribution in [-0.4, -0.2) is 25.2 Å². The summed E-state index contributed by atoms with van der Waals surface area (Å²) in [5, 5.41) is 7.57. The summed E-state index contributed by atoms with van der Waals surface area (Å²) in [5.74, 6) is 0. The van der Waals surface area contributed by atoms with Crippen LogP contribution in [0.3, 0.4) is 0 Å². The Morgan fingerprint density at radius 2 is 2.43 bits per heavy atom. The third-order valence-electron chi connectivity index (χ3n) is 1.73. The molecule has 0 aromatic rings. The van der Waals surface area contributed by atoms with Gasteiger partial charge in [0.15, 0.2) is 0 Å². The lowest BCUT2D eigenvalue weighted by Crippen LogP contribution is -2.21. The summed E-state index contributed by atoms with van der Waals surface area (Å²) < 4.78 is 0. The fraction of sp³-hybridized carbons (Fsp3) is 1.00. The van der Waals surface area contributed by atoms with Gasteiger partial charge in [-0.25, -0.2) is 5.32 Å². The van der Waals surface area contributed by atoms with Crippen LogP contribution < -0.4 is 10.6 Å². The molecule has 2 unspecified atom stereocenters. The van der Waals surface area contributed by atoms with Crippen molar-refractivity contribution >= 4 is 0 Å². The molecule has 0 saturated carbocycles. The van der Waals surface area contributed by atoms with Crippen LogP contribution in [0.1, 0.15) is 6.42 Å². The van der Waals surface area contributed by atoms with Crippen LogP contribution in [0.25, 0.3) is 0 Å². The Labute approximate surface area is 43.3 Å². The molecule has 1 N–H and O–H groups in total. The highest BCUT2D eigenvalue weighted by Gasteiger charge is 2.37. The third kappa shape index (κ3) is 0.545. The average Bonchev–Trinajstić information content (AvgIpc) is 2.41. The van der Waals surface area contributed by atoms with Crippen LogP contribution >= 0.6 is 0 Å². The fourth-order valence-corrected chi connectivity index (χ4v) is 1.14. The molecule has 2 rings (SSSR count). The molecule has 2 saturated heterocycles. The van der Waals surface area contributed by atoms with Gasteiger partial charge in [0, 0.05) is 25.2 Å². The van der Waals surface area contributed by atoms with E-state index in [1.165, 1.54) is 6.42 Å². The Morgan fingerprint density at radius 1 is 1.43 bits per heavy atom. The van der Waals surface area contributed by atoms with E-state index in [9.17, 15) is 0 Å². The molecular formula is C5H9N2. The second-order valence-corrected chi connectivity index (χ2v) is 2.30. The van der Waals surface area contributed by atoms with Crippen molar-refractivity contribution in [3.05, 3.63) is 0 Å². The van der Waals surface area contributed by atoms with E-state index >= 15 is 0 Å². The Kier molecular flexibility index (Phi) is 0.664. The summed E-state index contributed by atoms with van der Waals surface area (Å²) in [7, 11) is 0. The van der Waals surface area contributed by atoms with Gasteiger partial charge in [-0.05, 0) is 6.42 Å². The fourth-order valence-electron chi connectivity index (χ4n) is 1.14. The Bertz CT molecular complexity index is 72.1. The highest BCUT2D eigenvalue weighted by molar-refractivity contribution is 5.02. The van der Waals surface area contributed by atoms with Crippen LogP contribution in [0, 0.1) is 0 Å². The lowest BCUT2D eigenvalue weighted by atomic mass is 10.2. The van der Waals surface area contributed by atoms with Crippen molar-refractivity contribution in [1.29, 1.82) is 0 Å². The number of rotatable bonds is 0. The predicted octanol–water partition coefficient (Wildman–Crippen LogP) is -0.665. The van der Waals surface area contributed by atoms with Crippen LogP contribution in [-0.2, 0) is 0 Å². The smallest absolute Gasteiger partial charge is 0.0366 e. The molecular weight excluding hydrogens is 88.1 g/mol. The quantitative estimate of drug-likeness (QED) is 0.400. The van der Waals surface area contributed by atoms with Crippen LogP contribution in [0.5, 0.6) is 0 Å². The van der Waals surface area contributed by atoms with Crippen molar-refractivity contribution in [2.24, 2.45) is 0 Å². The van der Waals surface area contributed by atoms with Crippen LogP contribution in [0.15, 0.2) is 0 Å². The molecule has 1 radical (unpaired) electrons. The molecule has 2 heteroatoms. The van der Waals surface area contributed by atoms with Gasteiger partial charge in [-0.15, -0.1) is 0 Å². The standard InChI is InChI=1S/C5H9N2/c1-2-6-3-5-4(1)7-5/h4-5,7H,1-3H2. The summed E-state index contributed by atoms with van der Waals surface area (Å²) in [4.78, 5) is 0.